The number of carbonyl (C=O) groups excluding carboxylic acids is 2. The molecule has 2 aromatic carbocycles. The van der Waals surface area contributed by atoms with Crippen LogP contribution in [0.2, 0.25) is 0 Å². The van der Waals surface area contributed by atoms with Crippen molar-refractivity contribution in [2.75, 3.05) is 6.61 Å². The van der Waals surface area contributed by atoms with Crippen molar-refractivity contribution in [1.82, 2.24) is 0 Å². The summed E-state index contributed by atoms with van der Waals surface area (Å²) in [5.74, 6) is -2.95. The van der Waals surface area contributed by atoms with Crippen LogP contribution in [-0.2, 0) is 9.53 Å². The summed E-state index contributed by atoms with van der Waals surface area (Å²) in [5.41, 5.74) is 0.375. The third-order valence-corrected chi connectivity index (χ3v) is 4.63. The number of carboxylic acid groups (broad SMARTS) is 1. The van der Waals surface area contributed by atoms with Crippen molar-refractivity contribution in [2.45, 2.75) is 16.9 Å². The number of carbonyl (C=O) groups is 3. The molecule has 3 atom stereocenters. The zero-order valence-electron chi connectivity index (χ0n) is 13.5. The van der Waals surface area contributed by atoms with Crippen molar-refractivity contribution in [3.8, 4) is 0 Å². The van der Waals surface area contributed by atoms with Gasteiger partial charge in [-0.15, -0.1) is 0 Å². The van der Waals surface area contributed by atoms with Gasteiger partial charge in [0.15, 0.2) is 12.5 Å². The molecule has 0 aliphatic carbocycles. The summed E-state index contributed by atoms with van der Waals surface area (Å²) < 4.78 is 19.5. The van der Waals surface area contributed by atoms with Crippen molar-refractivity contribution < 1.29 is 28.6 Å². The number of ether oxygens (including phenoxy) is 1. The molecule has 0 fully saturated rings. The van der Waals surface area contributed by atoms with Crippen LogP contribution < -0.4 is 0 Å². The normalized spacial score (nSPS) is 14.1. The third kappa shape index (κ3) is 4.76. The second kappa shape index (κ2) is 9.24. The summed E-state index contributed by atoms with van der Waals surface area (Å²) >= 11 is 3.24. The van der Waals surface area contributed by atoms with Crippen molar-refractivity contribution in [2.24, 2.45) is 0 Å². The van der Waals surface area contributed by atoms with E-state index in [2.05, 4.69) is 15.9 Å². The molecule has 0 saturated carbocycles. The van der Waals surface area contributed by atoms with Crippen molar-refractivity contribution in [3.05, 3.63) is 71.3 Å². The van der Waals surface area contributed by atoms with Crippen molar-refractivity contribution in [3.63, 3.8) is 0 Å². The Balaban J connectivity index is 2.21. The maximum Gasteiger partial charge on any atom is 0.338 e. The van der Waals surface area contributed by atoms with Gasteiger partial charge in [0.1, 0.15) is 6.61 Å². The highest BCUT2D eigenvalue weighted by Crippen LogP contribution is 2.32. The second-order valence-electron chi connectivity index (χ2n) is 5.48. The zero-order valence-corrected chi connectivity index (χ0v) is 15.1. The number of aldehydes is 1. The van der Waals surface area contributed by atoms with Crippen LogP contribution in [0.3, 0.4) is 0 Å². The van der Waals surface area contributed by atoms with Gasteiger partial charge in [0.05, 0.1) is 16.0 Å². The Bertz CT molecular complexity index is 781. The number of rotatable bonds is 8. The smallest absolute Gasteiger partial charge is 0.338 e. The lowest BCUT2D eigenvalue weighted by atomic mass is 9.88. The molecule has 0 aliphatic rings. The number of esters is 1. The first-order valence-corrected chi connectivity index (χ1v) is 8.65. The number of aromatic carboxylic acids is 1. The van der Waals surface area contributed by atoms with E-state index in [-0.39, 0.29) is 24.0 Å². The van der Waals surface area contributed by atoms with Gasteiger partial charge in [-0.25, -0.2) is 14.0 Å². The summed E-state index contributed by atoms with van der Waals surface area (Å²) in [6.45, 7) is -0.236. The second-order valence-corrected chi connectivity index (χ2v) is 6.66. The van der Waals surface area contributed by atoms with E-state index in [0.717, 1.165) is 0 Å². The maximum atomic E-state index is 14.3. The predicted molar refractivity (Wildman–Crippen MR) is 96.5 cm³/mol. The summed E-state index contributed by atoms with van der Waals surface area (Å²) in [6.07, 6.45) is -1.85. The zero-order chi connectivity index (χ0) is 19.1. The standard InChI is InChI=1S/C19H16BrFO5/c20-15(11-26-19(25)12-6-2-1-3-7-12)17(16(21)10-22)13-8-4-5-9-14(13)18(23)24/h1-10,15-17H,11H2,(H,23,24)/t15-,16-,17-/m1/s1. The number of benzene rings is 2. The third-order valence-electron chi connectivity index (χ3n) is 3.80. The van der Waals surface area contributed by atoms with Crippen LogP contribution in [0.4, 0.5) is 4.39 Å². The summed E-state index contributed by atoms with van der Waals surface area (Å²) in [4.78, 5) is 33.6. The molecule has 7 heteroatoms. The molecule has 1 N–H and O–H groups in total. The van der Waals surface area contributed by atoms with Crippen LogP contribution in [0.25, 0.3) is 0 Å². The minimum atomic E-state index is -1.96. The maximum absolute atomic E-state index is 14.3. The van der Waals surface area contributed by atoms with E-state index in [9.17, 15) is 23.9 Å². The fourth-order valence-corrected chi connectivity index (χ4v) is 3.26. The SMILES string of the molecule is O=C[C@@H](F)[C@H](c1ccccc1C(=O)O)[C@H](Br)COC(=O)c1ccccc1. The van der Waals surface area contributed by atoms with Crippen LogP contribution in [0, 0.1) is 0 Å². The number of alkyl halides is 2. The molecule has 26 heavy (non-hydrogen) atoms. The van der Waals surface area contributed by atoms with E-state index < -0.39 is 28.9 Å². The Morgan fingerprint density at radius 2 is 1.73 bits per heavy atom. The molecule has 0 radical (unpaired) electrons. The molecule has 2 aromatic rings. The summed E-state index contributed by atoms with van der Waals surface area (Å²) in [6, 6.07) is 14.1. The van der Waals surface area contributed by atoms with Gasteiger partial charge in [-0.3, -0.25) is 0 Å². The quantitative estimate of drug-likeness (QED) is 0.399. The molecule has 0 saturated heterocycles. The van der Waals surface area contributed by atoms with E-state index in [1.807, 2.05) is 0 Å². The fourth-order valence-electron chi connectivity index (χ4n) is 2.55. The van der Waals surface area contributed by atoms with Crippen LogP contribution in [-0.4, -0.2) is 40.9 Å². The van der Waals surface area contributed by atoms with Gasteiger partial charge in [0.25, 0.3) is 0 Å². The highest BCUT2D eigenvalue weighted by molar-refractivity contribution is 9.09. The average molecular weight is 423 g/mol. The molecule has 2 rings (SSSR count). The molecule has 0 spiro atoms. The van der Waals surface area contributed by atoms with E-state index >= 15 is 0 Å². The van der Waals surface area contributed by atoms with Gasteiger partial charge in [-0.2, -0.15) is 0 Å². The Morgan fingerprint density at radius 3 is 2.35 bits per heavy atom. The van der Waals surface area contributed by atoms with Gasteiger partial charge in [-0.1, -0.05) is 52.3 Å². The Morgan fingerprint density at radius 1 is 1.12 bits per heavy atom. The number of hydrogen-bond acceptors (Lipinski definition) is 4. The number of halogens is 2. The van der Waals surface area contributed by atoms with Crippen LogP contribution in [0.15, 0.2) is 54.6 Å². The fraction of sp³-hybridized carbons (Fsp3) is 0.211. The van der Waals surface area contributed by atoms with Gasteiger partial charge in [-0.05, 0) is 23.8 Å². The van der Waals surface area contributed by atoms with Crippen molar-refractivity contribution in [1.29, 1.82) is 0 Å². The van der Waals surface area contributed by atoms with E-state index in [1.165, 1.54) is 18.2 Å². The van der Waals surface area contributed by atoms with E-state index in [1.54, 1.807) is 36.4 Å². The van der Waals surface area contributed by atoms with Gasteiger partial charge in [0, 0.05) is 5.92 Å². The molecule has 0 heterocycles. The van der Waals surface area contributed by atoms with E-state index in [0.29, 0.717) is 5.56 Å². The van der Waals surface area contributed by atoms with Gasteiger partial charge in [0.2, 0.25) is 0 Å². The molecular formula is C19H16BrFO5. The van der Waals surface area contributed by atoms with Gasteiger partial charge < -0.3 is 14.6 Å². The molecule has 0 bridgehead atoms. The largest absolute Gasteiger partial charge is 0.478 e. The van der Waals surface area contributed by atoms with E-state index in [4.69, 9.17) is 4.74 Å². The minimum Gasteiger partial charge on any atom is -0.478 e. The number of hydrogen-bond donors (Lipinski definition) is 1. The lowest BCUT2D eigenvalue weighted by molar-refractivity contribution is -0.112. The highest BCUT2D eigenvalue weighted by atomic mass is 79.9. The highest BCUT2D eigenvalue weighted by Gasteiger charge is 2.33. The molecule has 0 aliphatic heterocycles. The predicted octanol–water partition coefficient (Wildman–Crippen LogP) is 3.63. The van der Waals surface area contributed by atoms with Crippen LogP contribution in [0.1, 0.15) is 32.2 Å². The average Bonchev–Trinajstić information content (AvgIpc) is 2.67. The first kappa shape index (κ1) is 19.8. The molecule has 0 amide bonds. The summed E-state index contributed by atoms with van der Waals surface area (Å²) in [7, 11) is 0. The van der Waals surface area contributed by atoms with Crippen LogP contribution >= 0.6 is 15.9 Å². The van der Waals surface area contributed by atoms with Crippen molar-refractivity contribution >= 4 is 34.2 Å². The Hall–Kier alpha value is -2.54. The Kier molecular flexibility index (Phi) is 7.03. The molecule has 136 valence electrons. The van der Waals surface area contributed by atoms with Gasteiger partial charge >= 0.3 is 11.9 Å². The molecular weight excluding hydrogens is 407 g/mol. The number of carboxylic acids is 1. The Labute approximate surface area is 157 Å². The molecule has 5 nitrogen and oxygen atoms in total. The lowest BCUT2D eigenvalue weighted by Gasteiger charge is -2.24. The first-order valence-electron chi connectivity index (χ1n) is 7.73. The first-order chi connectivity index (χ1) is 12.5. The lowest BCUT2D eigenvalue weighted by Crippen LogP contribution is -2.30. The minimum absolute atomic E-state index is 0.108. The monoisotopic (exact) mass is 422 g/mol. The summed E-state index contributed by atoms with van der Waals surface area (Å²) in [5, 5.41) is 9.31. The van der Waals surface area contributed by atoms with Crippen LogP contribution in [0.5, 0.6) is 0 Å². The topological polar surface area (TPSA) is 80.7 Å². The molecule has 0 aromatic heterocycles. The molecule has 0 unspecified atom stereocenters.